The van der Waals surface area contributed by atoms with Crippen LogP contribution in [0.3, 0.4) is 0 Å². The number of carbonyl (C=O) groups is 2. The van der Waals surface area contributed by atoms with E-state index in [0.29, 0.717) is 17.7 Å². The van der Waals surface area contributed by atoms with Crippen LogP contribution in [0.25, 0.3) is 11.1 Å². The Labute approximate surface area is 118 Å². The summed E-state index contributed by atoms with van der Waals surface area (Å²) < 4.78 is 5.01. The average Bonchev–Trinajstić information content (AvgIpc) is 2.48. The van der Waals surface area contributed by atoms with Gasteiger partial charge in [0.1, 0.15) is 6.29 Å². The van der Waals surface area contributed by atoms with Crippen molar-refractivity contribution in [1.29, 1.82) is 0 Å². The molecule has 0 bridgehead atoms. The Kier molecular flexibility index (Phi) is 4.66. The Morgan fingerprint density at radius 2 is 1.85 bits per heavy atom. The standard InChI is InChI=1S/C17H16O3/c1-2-20-17(19)16-9-8-14(12-15(16)10-11-18)13-6-4-3-5-7-13/h3-9,11-12H,2,10H2,1H3. The molecule has 2 aromatic rings. The minimum absolute atomic E-state index is 0.203. The van der Waals surface area contributed by atoms with Crippen molar-refractivity contribution in [2.75, 3.05) is 6.61 Å². The molecule has 0 radical (unpaired) electrons. The summed E-state index contributed by atoms with van der Waals surface area (Å²) >= 11 is 0. The number of aldehydes is 1. The second kappa shape index (κ2) is 6.66. The van der Waals surface area contributed by atoms with E-state index in [1.807, 2.05) is 42.5 Å². The van der Waals surface area contributed by atoms with Gasteiger partial charge < -0.3 is 9.53 Å². The molecular formula is C17H16O3. The van der Waals surface area contributed by atoms with Crippen LogP contribution in [-0.2, 0) is 16.0 Å². The Balaban J connectivity index is 2.42. The molecular weight excluding hydrogens is 252 g/mol. The van der Waals surface area contributed by atoms with Gasteiger partial charge in [-0.1, -0.05) is 36.4 Å². The molecule has 3 nitrogen and oxygen atoms in total. The van der Waals surface area contributed by atoms with Crippen LogP contribution < -0.4 is 0 Å². The van der Waals surface area contributed by atoms with Crippen LogP contribution in [0.4, 0.5) is 0 Å². The first-order chi connectivity index (χ1) is 9.76. The Hall–Kier alpha value is -2.42. The minimum atomic E-state index is -0.385. The van der Waals surface area contributed by atoms with Crippen molar-refractivity contribution in [3.05, 3.63) is 59.7 Å². The number of benzene rings is 2. The lowest BCUT2D eigenvalue weighted by Crippen LogP contribution is -2.08. The van der Waals surface area contributed by atoms with Gasteiger partial charge >= 0.3 is 5.97 Å². The quantitative estimate of drug-likeness (QED) is 0.617. The van der Waals surface area contributed by atoms with Crippen molar-refractivity contribution in [2.45, 2.75) is 13.3 Å². The molecule has 0 aliphatic rings. The third-order valence-electron chi connectivity index (χ3n) is 3.01. The number of ether oxygens (including phenoxy) is 1. The van der Waals surface area contributed by atoms with Crippen molar-refractivity contribution >= 4 is 12.3 Å². The highest BCUT2D eigenvalue weighted by molar-refractivity contribution is 5.92. The average molecular weight is 268 g/mol. The van der Waals surface area contributed by atoms with Crippen LogP contribution in [-0.4, -0.2) is 18.9 Å². The van der Waals surface area contributed by atoms with E-state index in [-0.39, 0.29) is 12.4 Å². The molecule has 2 aromatic carbocycles. The van der Waals surface area contributed by atoms with E-state index < -0.39 is 0 Å². The molecule has 20 heavy (non-hydrogen) atoms. The van der Waals surface area contributed by atoms with E-state index in [4.69, 9.17) is 4.74 Å². The summed E-state index contributed by atoms with van der Waals surface area (Å²) in [6, 6.07) is 15.3. The summed E-state index contributed by atoms with van der Waals surface area (Å²) in [5, 5.41) is 0. The Bertz CT molecular complexity index is 603. The van der Waals surface area contributed by atoms with Gasteiger partial charge in [0, 0.05) is 6.42 Å². The maximum Gasteiger partial charge on any atom is 0.338 e. The molecule has 102 valence electrons. The lowest BCUT2D eigenvalue weighted by molar-refractivity contribution is -0.107. The summed E-state index contributed by atoms with van der Waals surface area (Å²) in [5.41, 5.74) is 3.18. The summed E-state index contributed by atoms with van der Waals surface area (Å²) in [6.45, 7) is 2.08. The van der Waals surface area contributed by atoms with Crippen molar-refractivity contribution in [3.8, 4) is 11.1 Å². The first-order valence-corrected chi connectivity index (χ1v) is 6.55. The predicted molar refractivity (Wildman–Crippen MR) is 77.6 cm³/mol. The third-order valence-corrected chi connectivity index (χ3v) is 3.01. The second-order valence-electron chi connectivity index (χ2n) is 4.33. The summed E-state index contributed by atoms with van der Waals surface area (Å²) in [7, 11) is 0. The molecule has 0 unspecified atom stereocenters. The minimum Gasteiger partial charge on any atom is -0.462 e. The summed E-state index contributed by atoms with van der Waals surface area (Å²) in [5.74, 6) is -0.385. The second-order valence-corrected chi connectivity index (χ2v) is 4.33. The molecule has 0 heterocycles. The Morgan fingerprint density at radius 1 is 1.10 bits per heavy atom. The number of hydrogen-bond acceptors (Lipinski definition) is 3. The van der Waals surface area contributed by atoms with Crippen LogP contribution in [0, 0.1) is 0 Å². The van der Waals surface area contributed by atoms with E-state index in [1.54, 1.807) is 13.0 Å². The molecule has 0 aliphatic heterocycles. The van der Waals surface area contributed by atoms with Gasteiger partial charge in [0.25, 0.3) is 0 Å². The summed E-state index contributed by atoms with van der Waals surface area (Å²) in [6.07, 6.45) is 1.00. The zero-order chi connectivity index (χ0) is 14.4. The molecule has 0 fully saturated rings. The van der Waals surface area contributed by atoms with Gasteiger partial charge in [0.2, 0.25) is 0 Å². The topological polar surface area (TPSA) is 43.4 Å². The molecule has 0 atom stereocenters. The highest BCUT2D eigenvalue weighted by atomic mass is 16.5. The molecule has 0 saturated heterocycles. The lowest BCUT2D eigenvalue weighted by atomic mass is 9.97. The lowest BCUT2D eigenvalue weighted by Gasteiger charge is -2.09. The van der Waals surface area contributed by atoms with E-state index in [9.17, 15) is 9.59 Å². The van der Waals surface area contributed by atoms with Gasteiger partial charge in [0.15, 0.2) is 0 Å². The first kappa shape index (κ1) is 14.0. The molecule has 0 saturated carbocycles. The molecule has 0 spiro atoms. The highest BCUT2D eigenvalue weighted by Gasteiger charge is 2.13. The zero-order valence-electron chi connectivity index (χ0n) is 11.3. The number of rotatable bonds is 5. The fourth-order valence-corrected chi connectivity index (χ4v) is 2.07. The molecule has 0 amide bonds. The van der Waals surface area contributed by atoms with Crippen molar-refractivity contribution in [1.82, 2.24) is 0 Å². The number of hydrogen-bond donors (Lipinski definition) is 0. The fraction of sp³-hybridized carbons (Fsp3) is 0.176. The Morgan fingerprint density at radius 3 is 2.50 bits per heavy atom. The van der Waals surface area contributed by atoms with Crippen LogP contribution in [0.2, 0.25) is 0 Å². The fourth-order valence-electron chi connectivity index (χ4n) is 2.07. The van der Waals surface area contributed by atoms with Crippen LogP contribution in [0.1, 0.15) is 22.8 Å². The van der Waals surface area contributed by atoms with Crippen LogP contribution in [0.5, 0.6) is 0 Å². The molecule has 0 aliphatic carbocycles. The predicted octanol–water partition coefficient (Wildman–Crippen LogP) is 3.27. The van der Waals surface area contributed by atoms with Crippen LogP contribution >= 0.6 is 0 Å². The maximum absolute atomic E-state index is 11.8. The maximum atomic E-state index is 11.8. The van der Waals surface area contributed by atoms with Gasteiger partial charge in [-0.3, -0.25) is 0 Å². The first-order valence-electron chi connectivity index (χ1n) is 6.55. The molecule has 2 rings (SSSR count). The monoisotopic (exact) mass is 268 g/mol. The van der Waals surface area contributed by atoms with Crippen molar-refractivity contribution in [3.63, 3.8) is 0 Å². The zero-order valence-corrected chi connectivity index (χ0v) is 11.3. The van der Waals surface area contributed by atoms with Gasteiger partial charge in [-0.05, 0) is 35.7 Å². The van der Waals surface area contributed by atoms with E-state index >= 15 is 0 Å². The van der Waals surface area contributed by atoms with E-state index in [2.05, 4.69) is 0 Å². The van der Waals surface area contributed by atoms with E-state index in [0.717, 1.165) is 17.4 Å². The SMILES string of the molecule is CCOC(=O)c1ccc(-c2ccccc2)cc1CC=O. The largest absolute Gasteiger partial charge is 0.462 e. The molecule has 0 N–H and O–H groups in total. The van der Waals surface area contributed by atoms with Crippen LogP contribution in [0.15, 0.2) is 48.5 Å². The number of carbonyl (C=O) groups excluding carboxylic acids is 2. The van der Waals surface area contributed by atoms with Gasteiger partial charge in [-0.2, -0.15) is 0 Å². The van der Waals surface area contributed by atoms with Gasteiger partial charge in [0.05, 0.1) is 12.2 Å². The normalized spacial score (nSPS) is 10.1. The van der Waals surface area contributed by atoms with Gasteiger partial charge in [-0.25, -0.2) is 4.79 Å². The third kappa shape index (κ3) is 3.12. The van der Waals surface area contributed by atoms with Crippen molar-refractivity contribution in [2.24, 2.45) is 0 Å². The van der Waals surface area contributed by atoms with Crippen molar-refractivity contribution < 1.29 is 14.3 Å². The molecule has 3 heteroatoms. The van der Waals surface area contributed by atoms with Gasteiger partial charge in [-0.15, -0.1) is 0 Å². The smallest absolute Gasteiger partial charge is 0.338 e. The number of esters is 1. The highest BCUT2D eigenvalue weighted by Crippen LogP contribution is 2.23. The van der Waals surface area contributed by atoms with E-state index in [1.165, 1.54) is 0 Å². The summed E-state index contributed by atoms with van der Waals surface area (Å²) in [4.78, 5) is 22.7. The molecule has 0 aromatic heterocycles.